The summed E-state index contributed by atoms with van der Waals surface area (Å²) in [4.78, 5) is 23.0. The molecule has 1 heterocycles. The van der Waals surface area contributed by atoms with Crippen molar-refractivity contribution in [2.45, 2.75) is 13.0 Å². The molecule has 0 aromatic heterocycles. The maximum absolute atomic E-state index is 11.0. The Morgan fingerprint density at radius 1 is 1.50 bits per heavy atom. The van der Waals surface area contributed by atoms with Crippen LogP contribution in [0.4, 0.5) is 0 Å². The molecule has 0 radical (unpaired) electrons. The molecule has 1 atom stereocenters. The zero-order valence-corrected chi connectivity index (χ0v) is 6.82. The quantitative estimate of drug-likeness (QED) is 0.530. The summed E-state index contributed by atoms with van der Waals surface area (Å²) < 4.78 is 4.68. The second kappa shape index (κ2) is 3.64. The van der Waals surface area contributed by atoms with Gasteiger partial charge < -0.3 is 9.84 Å². The van der Waals surface area contributed by atoms with Crippen molar-refractivity contribution in [3.63, 3.8) is 0 Å². The van der Waals surface area contributed by atoms with Gasteiger partial charge >= 0.3 is 0 Å². The van der Waals surface area contributed by atoms with E-state index in [1.54, 1.807) is 0 Å². The average Bonchev–Trinajstić information content (AvgIpc) is 1.97. The van der Waals surface area contributed by atoms with Gasteiger partial charge in [-0.1, -0.05) is 0 Å². The number of rotatable bonds is 2. The van der Waals surface area contributed by atoms with Crippen LogP contribution in [0.3, 0.4) is 0 Å². The van der Waals surface area contributed by atoms with E-state index in [0.717, 1.165) is 4.90 Å². The molecule has 0 aliphatic carbocycles. The number of morpholine rings is 1. The fraction of sp³-hybridized carbons (Fsp3) is 0.714. The van der Waals surface area contributed by atoms with Crippen molar-refractivity contribution >= 4 is 11.8 Å². The summed E-state index contributed by atoms with van der Waals surface area (Å²) in [7, 11) is 0. The van der Waals surface area contributed by atoms with E-state index in [1.807, 2.05) is 0 Å². The molecule has 0 spiro atoms. The number of carbonyl (C=O) groups is 2. The van der Waals surface area contributed by atoms with Crippen molar-refractivity contribution in [3.8, 4) is 0 Å². The van der Waals surface area contributed by atoms with Crippen molar-refractivity contribution in [1.82, 2.24) is 4.90 Å². The molecule has 0 aromatic rings. The Morgan fingerprint density at radius 2 is 2.00 bits per heavy atom. The molecule has 12 heavy (non-hydrogen) atoms. The van der Waals surface area contributed by atoms with Crippen molar-refractivity contribution in [2.75, 3.05) is 19.8 Å². The summed E-state index contributed by atoms with van der Waals surface area (Å²) in [5.41, 5.74) is 0. The molecule has 1 aliphatic rings. The fourth-order valence-corrected chi connectivity index (χ4v) is 0.988. The standard InChI is InChI=1S/C7H11NO4/c1-5(9)2-8-6(10)3-12-4-7(8)11/h5,9H,2-4H2,1H3/t5-/m0/s1. The van der Waals surface area contributed by atoms with Crippen molar-refractivity contribution in [1.29, 1.82) is 0 Å². The summed E-state index contributed by atoms with van der Waals surface area (Å²) in [5, 5.41) is 8.95. The third-order valence-corrected chi connectivity index (χ3v) is 1.50. The molecule has 0 bridgehead atoms. The molecule has 2 amide bonds. The lowest BCUT2D eigenvalue weighted by molar-refractivity contribution is -0.159. The molecule has 1 rings (SSSR count). The average molecular weight is 173 g/mol. The van der Waals surface area contributed by atoms with Crippen LogP contribution in [0.25, 0.3) is 0 Å². The van der Waals surface area contributed by atoms with Crippen LogP contribution in [0.1, 0.15) is 6.92 Å². The van der Waals surface area contributed by atoms with Gasteiger partial charge in [-0.2, -0.15) is 0 Å². The van der Waals surface area contributed by atoms with E-state index < -0.39 is 6.10 Å². The molecule has 5 heteroatoms. The second-order valence-electron chi connectivity index (χ2n) is 2.74. The maximum Gasteiger partial charge on any atom is 0.255 e. The van der Waals surface area contributed by atoms with Gasteiger partial charge in [0.15, 0.2) is 0 Å². The normalized spacial score (nSPS) is 21.3. The monoisotopic (exact) mass is 173 g/mol. The van der Waals surface area contributed by atoms with Crippen LogP contribution in [0, 0.1) is 0 Å². The van der Waals surface area contributed by atoms with Gasteiger partial charge in [0.1, 0.15) is 13.2 Å². The number of carbonyl (C=O) groups excluding carboxylic acids is 2. The first-order valence-corrected chi connectivity index (χ1v) is 3.70. The summed E-state index contributed by atoms with van der Waals surface area (Å²) in [6.07, 6.45) is -0.684. The highest BCUT2D eigenvalue weighted by atomic mass is 16.5. The molecule has 68 valence electrons. The van der Waals surface area contributed by atoms with E-state index in [2.05, 4.69) is 4.74 Å². The minimum absolute atomic E-state index is 0.0566. The van der Waals surface area contributed by atoms with E-state index in [9.17, 15) is 9.59 Å². The Morgan fingerprint density at radius 3 is 2.42 bits per heavy atom. The topological polar surface area (TPSA) is 66.8 Å². The Balaban J connectivity index is 2.57. The van der Waals surface area contributed by atoms with E-state index in [4.69, 9.17) is 5.11 Å². The largest absolute Gasteiger partial charge is 0.392 e. The number of hydrogen-bond acceptors (Lipinski definition) is 4. The van der Waals surface area contributed by atoms with Crippen LogP contribution in [-0.2, 0) is 14.3 Å². The predicted molar refractivity (Wildman–Crippen MR) is 39.2 cm³/mol. The first-order valence-electron chi connectivity index (χ1n) is 3.70. The van der Waals surface area contributed by atoms with Crippen LogP contribution < -0.4 is 0 Å². The number of amides is 2. The van der Waals surface area contributed by atoms with Gasteiger partial charge in [-0.15, -0.1) is 0 Å². The molecule has 1 fully saturated rings. The molecule has 0 saturated carbocycles. The Bertz CT molecular complexity index is 186. The lowest BCUT2D eigenvalue weighted by atomic mass is 10.3. The lowest BCUT2D eigenvalue weighted by Gasteiger charge is -2.25. The third kappa shape index (κ3) is 2.02. The van der Waals surface area contributed by atoms with Gasteiger partial charge in [0.05, 0.1) is 12.6 Å². The van der Waals surface area contributed by atoms with Crippen LogP contribution >= 0.6 is 0 Å². The molecule has 1 aliphatic heterocycles. The summed E-state index contributed by atoms with van der Waals surface area (Å²) in [6.45, 7) is 1.44. The van der Waals surface area contributed by atoms with Gasteiger partial charge in [-0.25, -0.2) is 0 Å². The Labute approximate surface area is 69.9 Å². The predicted octanol–water partition coefficient (Wildman–Crippen LogP) is -1.25. The fourth-order valence-electron chi connectivity index (χ4n) is 0.988. The van der Waals surface area contributed by atoms with Gasteiger partial charge in [0.2, 0.25) is 0 Å². The molecule has 5 nitrogen and oxygen atoms in total. The minimum Gasteiger partial charge on any atom is -0.392 e. The highest BCUT2D eigenvalue weighted by Gasteiger charge is 2.27. The van der Waals surface area contributed by atoms with Crippen LogP contribution in [0.2, 0.25) is 0 Å². The maximum atomic E-state index is 11.0. The van der Waals surface area contributed by atoms with Crippen molar-refractivity contribution in [2.24, 2.45) is 0 Å². The smallest absolute Gasteiger partial charge is 0.255 e. The number of aliphatic hydroxyl groups is 1. The molecular formula is C7H11NO4. The van der Waals surface area contributed by atoms with E-state index in [1.165, 1.54) is 6.92 Å². The van der Waals surface area contributed by atoms with E-state index in [0.29, 0.717) is 0 Å². The first kappa shape index (κ1) is 9.15. The molecular weight excluding hydrogens is 162 g/mol. The van der Waals surface area contributed by atoms with E-state index in [-0.39, 0.29) is 31.6 Å². The number of aliphatic hydroxyl groups excluding tert-OH is 1. The zero-order chi connectivity index (χ0) is 9.14. The van der Waals surface area contributed by atoms with Crippen molar-refractivity contribution < 1.29 is 19.4 Å². The molecule has 0 aromatic carbocycles. The number of nitrogens with zero attached hydrogens (tertiary/aromatic N) is 1. The van der Waals surface area contributed by atoms with Gasteiger partial charge in [-0.3, -0.25) is 14.5 Å². The first-order chi connectivity index (χ1) is 5.61. The van der Waals surface area contributed by atoms with Crippen LogP contribution in [0.5, 0.6) is 0 Å². The summed E-state index contributed by atoms with van der Waals surface area (Å²) in [5.74, 6) is -0.765. The highest BCUT2D eigenvalue weighted by Crippen LogP contribution is 2.01. The third-order valence-electron chi connectivity index (χ3n) is 1.50. The van der Waals surface area contributed by atoms with Gasteiger partial charge in [0.25, 0.3) is 11.8 Å². The molecule has 1 saturated heterocycles. The Kier molecular flexibility index (Phi) is 2.78. The van der Waals surface area contributed by atoms with Crippen LogP contribution in [0.15, 0.2) is 0 Å². The van der Waals surface area contributed by atoms with Gasteiger partial charge in [-0.05, 0) is 6.92 Å². The number of β-amino-alcohol motifs (C(OH)–C–C–N with tert-alkyl or cyclic N) is 1. The zero-order valence-electron chi connectivity index (χ0n) is 6.82. The number of hydrogen-bond donors (Lipinski definition) is 1. The van der Waals surface area contributed by atoms with E-state index >= 15 is 0 Å². The second-order valence-corrected chi connectivity index (χ2v) is 2.74. The SMILES string of the molecule is C[C@H](O)CN1C(=O)COCC1=O. The summed E-state index contributed by atoms with van der Waals surface area (Å²) >= 11 is 0. The molecule has 1 N–H and O–H groups in total. The highest BCUT2D eigenvalue weighted by molar-refractivity contribution is 5.98. The van der Waals surface area contributed by atoms with Crippen molar-refractivity contribution in [3.05, 3.63) is 0 Å². The van der Waals surface area contributed by atoms with Crippen LogP contribution in [-0.4, -0.2) is 47.7 Å². The minimum atomic E-state index is -0.684. The number of imide groups is 1. The number of ether oxygens (including phenoxy) is 1. The molecule has 0 unspecified atom stereocenters. The Hall–Kier alpha value is -0.940. The lowest BCUT2D eigenvalue weighted by Crippen LogP contribution is -2.48. The van der Waals surface area contributed by atoms with Gasteiger partial charge in [0, 0.05) is 0 Å². The summed E-state index contributed by atoms with van der Waals surface area (Å²) in [6, 6.07) is 0.